The number of para-hydroxylation sites is 1. The molecule has 0 bridgehead atoms. The van der Waals surface area contributed by atoms with Crippen LogP contribution < -0.4 is 4.74 Å². The van der Waals surface area contributed by atoms with Gasteiger partial charge in [0.15, 0.2) is 5.78 Å². The summed E-state index contributed by atoms with van der Waals surface area (Å²) >= 11 is 6.08. The van der Waals surface area contributed by atoms with Gasteiger partial charge in [0.05, 0.1) is 29.6 Å². The van der Waals surface area contributed by atoms with Crippen molar-refractivity contribution in [1.29, 1.82) is 0 Å². The Balaban J connectivity index is 1.88. The molecule has 0 unspecified atom stereocenters. The number of rotatable bonds is 7. The maximum Gasteiger partial charge on any atom is 0.199 e. The van der Waals surface area contributed by atoms with Crippen LogP contribution >= 0.6 is 11.6 Å². The van der Waals surface area contributed by atoms with Crippen LogP contribution in [0, 0.1) is 0 Å². The summed E-state index contributed by atoms with van der Waals surface area (Å²) in [5, 5.41) is 4.78. The Hall–Kier alpha value is -2.59. The molecule has 0 saturated carbocycles. The zero-order chi connectivity index (χ0) is 17.6. The maximum absolute atomic E-state index is 12.9. The van der Waals surface area contributed by atoms with E-state index in [0.29, 0.717) is 28.5 Å². The smallest absolute Gasteiger partial charge is 0.199 e. The highest BCUT2D eigenvalue weighted by atomic mass is 35.5. The van der Waals surface area contributed by atoms with E-state index < -0.39 is 0 Å². The highest BCUT2D eigenvalue weighted by molar-refractivity contribution is 6.31. The van der Waals surface area contributed by atoms with Crippen molar-refractivity contribution in [3.8, 4) is 11.4 Å². The number of unbranched alkanes of at least 4 members (excludes halogenated alkanes) is 1. The minimum absolute atomic E-state index is 0.156. The SMILES string of the molecule is CCCCOc1ccc(Cl)cc1C(=O)c1cnn(-c2ccccc2)c1. The van der Waals surface area contributed by atoms with Crippen molar-refractivity contribution in [2.45, 2.75) is 19.8 Å². The summed E-state index contributed by atoms with van der Waals surface area (Å²) in [5.41, 5.74) is 1.84. The van der Waals surface area contributed by atoms with Crippen LogP contribution in [-0.4, -0.2) is 22.2 Å². The first-order valence-electron chi connectivity index (χ1n) is 8.26. The summed E-state index contributed by atoms with van der Waals surface area (Å²) < 4.78 is 7.44. The first kappa shape index (κ1) is 17.2. The van der Waals surface area contributed by atoms with Crippen LogP contribution in [0.5, 0.6) is 5.75 Å². The lowest BCUT2D eigenvalue weighted by Crippen LogP contribution is -2.06. The van der Waals surface area contributed by atoms with Crippen molar-refractivity contribution >= 4 is 17.4 Å². The van der Waals surface area contributed by atoms with Crippen LogP contribution in [0.15, 0.2) is 60.9 Å². The normalized spacial score (nSPS) is 10.6. The van der Waals surface area contributed by atoms with Crippen molar-refractivity contribution in [3.05, 3.63) is 77.1 Å². The molecular formula is C20H19ClN2O2. The van der Waals surface area contributed by atoms with Gasteiger partial charge in [-0.15, -0.1) is 0 Å². The average molecular weight is 355 g/mol. The van der Waals surface area contributed by atoms with Crippen molar-refractivity contribution < 1.29 is 9.53 Å². The molecule has 1 heterocycles. The Labute approximate surface area is 152 Å². The number of ketones is 1. The van der Waals surface area contributed by atoms with E-state index in [-0.39, 0.29) is 5.78 Å². The fourth-order valence-corrected chi connectivity index (χ4v) is 2.62. The van der Waals surface area contributed by atoms with Gasteiger partial charge in [-0.25, -0.2) is 4.68 Å². The first-order valence-corrected chi connectivity index (χ1v) is 8.64. The van der Waals surface area contributed by atoms with Gasteiger partial charge in [0.25, 0.3) is 0 Å². The quantitative estimate of drug-likeness (QED) is 0.446. The maximum atomic E-state index is 12.9. The number of ether oxygens (including phenoxy) is 1. The third-order valence-corrected chi connectivity index (χ3v) is 4.04. The van der Waals surface area contributed by atoms with E-state index in [1.807, 2.05) is 30.3 Å². The molecule has 1 aromatic heterocycles. The lowest BCUT2D eigenvalue weighted by Gasteiger charge is -2.10. The van der Waals surface area contributed by atoms with E-state index in [0.717, 1.165) is 18.5 Å². The van der Waals surface area contributed by atoms with Crippen LogP contribution in [0.25, 0.3) is 5.69 Å². The standard InChI is InChI=1S/C20H19ClN2O2/c1-2-3-11-25-19-10-9-16(21)12-18(19)20(24)15-13-22-23(14-15)17-7-5-4-6-8-17/h4-10,12-14H,2-3,11H2,1H3. The molecular weight excluding hydrogens is 336 g/mol. The lowest BCUT2D eigenvalue weighted by atomic mass is 10.1. The molecule has 0 fully saturated rings. The fourth-order valence-electron chi connectivity index (χ4n) is 2.45. The molecule has 0 aliphatic rings. The van der Waals surface area contributed by atoms with Crippen LogP contribution in [-0.2, 0) is 0 Å². The topological polar surface area (TPSA) is 44.1 Å². The van der Waals surface area contributed by atoms with Crippen molar-refractivity contribution in [2.24, 2.45) is 0 Å². The van der Waals surface area contributed by atoms with Gasteiger partial charge in [0.2, 0.25) is 0 Å². The molecule has 3 aromatic rings. The van der Waals surface area contributed by atoms with Gasteiger partial charge in [-0.3, -0.25) is 4.79 Å². The van der Waals surface area contributed by atoms with E-state index in [2.05, 4.69) is 12.0 Å². The molecule has 5 heteroatoms. The van der Waals surface area contributed by atoms with Gasteiger partial charge in [0.1, 0.15) is 5.75 Å². The van der Waals surface area contributed by atoms with Gasteiger partial charge in [-0.1, -0.05) is 43.1 Å². The number of benzene rings is 2. The number of hydrogen-bond acceptors (Lipinski definition) is 3. The largest absolute Gasteiger partial charge is 0.493 e. The molecule has 0 spiro atoms. The van der Waals surface area contributed by atoms with Gasteiger partial charge >= 0.3 is 0 Å². The van der Waals surface area contributed by atoms with Crippen LogP contribution in [0.1, 0.15) is 35.7 Å². The van der Waals surface area contributed by atoms with Crippen molar-refractivity contribution in [3.63, 3.8) is 0 Å². The number of nitrogens with zero attached hydrogens (tertiary/aromatic N) is 2. The molecule has 0 saturated heterocycles. The summed E-state index contributed by atoms with van der Waals surface area (Å²) in [6, 6.07) is 14.8. The van der Waals surface area contributed by atoms with E-state index in [9.17, 15) is 4.79 Å². The van der Waals surface area contributed by atoms with Crippen molar-refractivity contribution in [2.75, 3.05) is 6.61 Å². The number of carbonyl (C=O) groups excluding carboxylic acids is 1. The zero-order valence-corrected chi connectivity index (χ0v) is 14.7. The molecule has 4 nitrogen and oxygen atoms in total. The fraction of sp³-hybridized carbons (Fsp3) is 0.200. The molecule has 128 valence electrons. The molecule has 3 rings (SSSR count). The molecule has 2 aromatic carbocycles. The summed E-state index contributed by atoms with van der Waals surface area (Å²) in [6.07, 6.45) is 5.24. The summed E-state index contributed by atoms with van der Waals surface area (Å²) in [7, 11) is 0. The second kappa shape index (κ2) is 7.99. The van der Waals surface area contributed by atoms with Crippen molar-refractivity contribution in [1.82, 2.24) is 9.78 Å². The van der Waals surface area contributed by atoms with E-state index in [4.69, 9.17) is 16.3 Å². The molecule has 0 N–H and O–H groups in total. The minimum atomic E-state index is -0.156. The van der Waals surface area contributed by atoms with Crippen LogP contribution in [0.3, 0.4) is 0 Å². The third kappa shape index (κ3) is 4.09. The Morgan fingerprint density at radius 3 is 2.76 bits per heavy atom. The van der Waals surface area contributed by atoms with Gasteiger partial charge in [-0.2, -0.15) is 5.10 Å². The number of halogens is 1. The molecule has 0 amide bonds. The molecule has 0 radical (unpaired) electrons. The van der Waals surface area contributed by atoms with Gasteiger partial charge in [0, 0.05) is 11.2 Å². The molecule has 0 aliphatic carbocycles. The van der Waals surface area contributed by atoms with Gasteiger partial charge in [-0.05, 0) is 36.8 Å². The number of carbonyl (C=O) groups is 1. The summed E-state index contributed by atoms with van der Waals surface area (Å²) in [4.78, 5) is 12.9. The Morgan fingerprint density at radius 1 is 1.20 bits per heavy atom. The summed E-state index contributed by atoms with van der Waals surface area (Å²) in [6.45, 7) is 2.66. The average Bonchev–Trinajstić information content (AvgIpc) is 3.13. The second-order valence-corrected chi connectivity index (χ2v) is 6.12. The Bertz CT molecular complexity index is 859. The van der Waals surface area contributed by atoms with Crippen LogP contribution in [0.4, 0.5) is 0 Å². The lowest BCUT2D eigenvalue weighted by molar-refractivity contribution is 0.103. The predicted molar refractivity (Wildman–Crippen MR) is 98.9 cm³/mol. The monoisotopic (exact) mass is 354 g/mol. The number of aromatic nitrogens is 2. The predicted octanol–water partition coefficient (Wildman–Crippen LogP) is 4.94. The third-order valence-electron chi connectivity index (χ3n) is 3.81. The molecule has 0 aliphatic heterocycles. The first-order chi connectivity index (χ1) is 12.2. The second-order valence-electron chi connectivity index (χ2n) is 5.68. The van der Waals surface area contributed by atoms with Crippen LogP contribution in [0.2, 0.25) is 5.02 Å². The Morgan fingerprint density at radius 2 is 2.00 bits per heavy atom. The van der Waals surface area contributed by atoms with E-state index >= 15 is 0 Å². The summed E-state index contributed by atoms with van der Waals surface area (Å²) in [5.74, 6) is 0.395. The van der Waals surface area contributed by atoms with Gasteiger partial charge < -0.3 is 4.74 Å². The number of hydrogen-bond donors (Lipinski definition) is 0. The van der Waals surface area contributed by atoms with E-state index in [1.54, 1.807) is 35.3 Å². The highest BCUT2D eigenvalue weighted by Gasteiger charge is 2.17. The highest BCUT2D eigenvalue weighted by Crippen LogP contribution is 2.26. The Kier molecular flexibility index (Phi) is 5.51. The minimum Gasteiger partial charge on any atom is -0.493 e. The molecule has 0 atom stereocenters. The molecule has 25 heavy (non-hydrogen) atoms. The zero-order valence-electron chi connectivity index (χ0n) is 14.0. The van der Waals surface area contributed by atoms with E-state index in [1.165, 1.54) is 0 Å².